The zero-order chi connectivity index (χ0) is 63.8. The number of anilines is 12. The van der Waals surface area contributed by atoms with Gasteiger partial charge in [-0.2, -0.15) is 0 Å². The van der Waals surface area contributed by atoms with E-state index in [9.17, 15) is 0 Å². The summed E-state index contributed by atoms with van der Waals surface area (Å²) in [7, 11) is 9.31. The van der Waals surface area contributed by atoms with Gasteiger partial charge in [-0.3, -0.25) is 0 Å². The molecule has 12 aromatic carbocycles. The molecule has 0 unspecified atom stereocenters. The molecule has 0 spiro atoms. The van der Waals surface area contributed by atoms with Gasteiger partial charge >= 0.3 is 0 Å². The molecule has 0 fully saturated rings. The molecular formula is C79H65F3N4O6. The van der Waals surface area contributed by atoms with Crippen LogP contribution >= 0.6 is 0 Å². The van der Waals surface area contributed by atoms with Crippen LogP contribution in [0, 0.1) is 24.4 Å². The summed E-state index contributed by atoms with van der Waals surface area (Å²) in [6, 6.07) is 86.3. The topological polar surface area (TPSA) is 68.3 Å². The highest BCUT2D eigenvalue weighted by atomic mass is 19.1. The SMILES string of the molecule is COc1ccc(N(c2ccc(OC)cc2)c2ccc(-c3ccc(N(c4ccc(-c5ccc(N(c6ccc(-c7ccc(N(c8ccc(OC)cc8)c8ccc(OC)cc8)cc7)cc6)c6cc(F)c(OC)c(F)c6)cc5)cc4)c4cc(C)c(OC)c(F)c4)cc3)cc2)cc1. The van der Waals surface area contributed by atoms with Crippen molar-refractivity contribution in [3.05, 3.63) is 290 Å². The van der Waals surface area contributed by atoms with Gasteiger partial charge in [-0.05, 0) is 222 Å². The van der Waals surface area contributed by atoms with Crippen molar-refractivity contribution in [2.24, 2.45) is 0 Å². The van der Waals surface area contributed by atoms with Gasteiger partial charge in [-0.15, -0.1) is 0 Å². The number of aryl methyl sites for hydroxylation is 1. The van der Waals surface area contributed by atoms with Gasteiger partial charge < -0.3 is 48.0 Å². The first kappa shape index (κ1) is 60.7. The van der Waals surface area contributed by atoms with Crippen molar-refractivity contribution < 1.29 is 41.6 Å². The Morgan fingerprint density at radius 3 is 0.565 bits per heavy atom. The van der Waals surface area contributed by atoms with Crippen molar-refractivity contribution in [2.75, 3.05) is 62.3 Å². The fraction of sp³-hybridized carbons (Fsp3) is 0.0886. The maximum atomic E-state index is 15.9. The van der Waals surface area contributed by atoms with E-state index >= 15 is 13.2 Å². The van der Waals surface area contributed by atoms with Crippen LogP contribution in [0.1, 0.15) is 5.56 Å². The third kappa shape index (κ3) is 12.7. The number of rotatable bonds is 21. The Morgan fingerprint density at radius 1 is 0.207 bits per heavy atom. The highest BCUT2D eigenvalue weighted by molar-refractivity contribution is 5.85. The molecule has 12 rings (SSSR count). The number of benzene rings is 12. The molecule has 0 aliphatic heterocycles. The first-order valence-corrected chi connectivity index (χ1v) is 29.7. The van der Waals surface area contributed by atoms with Crippen LogP contribution in [0.2, 0.25) is 0 Å². The second-order valence-corrected chi connectivity index (χ2v) is 21.6. The van der Waals surface area contributed by atoms with E-state index < -0.39 is 23.2 Å². The van der Waals surface area contributed by atoms with E-state index in [4.69, 9.17) is 28.4 Å². The monoisotopic (exact) mass is 1220 g/mol. The minimum atomic E-state index is -0.832. The molecule has 0 saturated heterocycles. The molecule has 0 aromatic heterocycles. The lowest BCUT2D eigenvalue weighted by molar-refractivity contribution is 0.360. The standard InChI is InChI=1S/C79H65F3N4O6/c1-52-48-69(49-75(80)78(52)91-6)85(61-24-12-55(13-25-61)53-8-20-59(21-9-53)83(65-32-40-71(87-2)41-33-65)66-34-42-72(88-3)43-35-66)62-26-14-56(15-27-62)58-18-30-64(31-19-58)86(70-50-76(81)79(92-7)77(82)51-70)63-28-16-57(17-29-63)54-10-22-60(23-11-54)84(67-36-44-73(89-4)45-37-67)68-38-46-74(90-5)47-39-68/h8-51H,1-7H3. The summed E-state index contributed by atoms with van der Waals surface area (Å²) in [5, 5.41) is 0. The van der Waals surface area contributed by atoms with Crippen molar-refractivity contribution in [2.45, 2.75) is 6.92 Å². The van der Waals surface area contributed by atoms with E-state index in [1.54, 1.807) is 28.4 Å². The van der Waals surface area contributed by atoms with Gasteiger partial charge in [0.2, 0.25) is 0 Å². The number of nitrogens with zero attached hydrogens (tertiary/aromatic N) is 4. The molecule has 0 atom stereocenters. The average molecular weight is 1220 g/mol. The van der Waals surface area contributed by atoms with E-state index in [0.717, 1.165) is 102 Å². The predicted molar refractivity (Wildman–Crippen MR) is 365 cm³/mol. The zero-order valence-electron chi connectivity index (χ0n) is 51.8. The van der Waals surface area contributed by atoms with Gasteiger partial charge in [0.1, 0.15) is 23.0 Å². The lowest BCUT2D eigenvalue weighted by atomic mass is 10.0. The summed E-state index contributed by atoms with van der Waals surface area (Å²) in [4.78, 5) is 8.16. The summed E-state index contributed by atoms with van der Waals surface area (Å²) in [6.45, 7) is 1.83. The molecule has 0 N–H and O–H groups in total. The van der Waals surface area contributed by atoms with Crippen LogP contribution in [0.25, 0.3) is 33.4 Å². The molecule has 92 heavy (non-hydrogen) atoms. The van der Waals surface area contributed by atoms with Crippen LogP contribution in [0.15, 0.2) is 267 Å². The molecule has 0 radical (unpaired) electrons. The molecule has 12 aromatic rings. The molecule has 0 heterocycles. The second kappa shape index (κ2) is 27.0. The Balaban J connectivity index is 0.818. The summed E-state index contributed by atoms with van der Waals surface area (Å²) in [6.07, 6.45) is 0. The largest absolute Gasteiger partial charge is 0.497 e. The fourth-order valence-corrected chi connectivity index (χ4v) is 11.5. The van der Waals surface area contributed by atoms with Crippen LogP contribution in [0.3, 0.4) is 0 Å². The molecule has 13 heteroatoms. The Bertz CT molecular complexity index is 4030. The molecule has 0 amide bonds. The third-order valence-electron chi connectivity index (χ3n) is 16.2. The van der Waals surface area contributed by atoms with Crippen LogP contribution in [0.4, 0.5) is 81.4 Å². The van der Waals surface area contributed by atoms with E-state index in [0.29, 0.717) is 22.6 Å². The first-order valence-electron chi connectivity index (χ1n) is 29.7. The number of hydrogen-bond donors (Lipinski definition) is 0. The summed E-state index contributed by atoms with van der Waals surface area (Å²) < 4.78 is 79.5. The van der Waals surface area contributed by atoms with Crippen LogP contribution in [0.5, 0.6) is 34.5 Å². The van der Waals surface area contributed by atoms with Gasteiger partial charge in [0.25, 0.3) is 0 Å². The number of hydrogen-bond acceptors (Lipinski definition) is 10. The number of methoxy groups -OCH3 is 6. The van der Waals surface area contributed by atoms with E-state index in [2.05, 4.69) is 70.5 Å². The van der Waals surface area contributed by atoms with E-state index in [1.165, 1.54) is 32.4 Å². The molecule has 0 aliphatic rings. The average Bonchev–Trinajstić information content (AvgIpc) is 1.32. The van der Waals surface area contributed by atoms with E-state index in [1.807, 2.05) is 205 Å². The minimum absolute atomic E-state index is 0.184. The predicted octanol–water partition coefficient (Wildman–Crippen LogP) is 21.3. The van der Waals surface area contributed by atoms with Crippen molar-refractivity contribution in [1.82, 2.24) is 0 Å². The fourth-order valence-electron chi connectivity index (χ4n) is 11.5. The third-order valence-corrected chi connectivity index (χ3v) is 16.2. The van der Waals surface area contributed by atoms with Gasteiger partial charge in [-0.1, -0.05) is 72.8 Å². The maximum absolute atomic E-state index is 15.9. The van der Waals surface area contributed by atoms with Crippen molar-refractivity contribution in [1.29, 1.82) is 0 Å². The smallest absolute Gasteiger partial charge is 0.190 e. The quantitative estimate of drug-likeness (QED) is 0.0695. The van der Waals surface area contributed by atoms with Crippen LogP contribution in [-0.4, -0.2) is 42.7 Å². The van der Waals surface area contributed by atoms with Crippen molar-refractivity contribution in [3.63, 3.8) is 0 Å². The molecule has 0 saturated carbocycles. The Labute approximate surface area is 534 Å². The highest BCUT2D eigenvalue weighted by Gasteiger charge is 2.22. The minimum Gasteiger partial charge on any atom is -0.497 e. The lowest BCUT2D eigenvalue weighted by Gasteiger charge is -2.27. The second-order valence-electron chi connectivity index (χ2n) is 21.6. The molecule has 10 nitrogen and oxygen atoms in total. The molecule has 458 valence electrons. The number of ether oxygens (including phenoxy) is 6. The molecule has 0 bridgehead atoms. The van der Waals surface area contributed by atoms with Crippen molar-refractivity contribution in [3.8, 4) is 67.9 Å². The van der Waals surface area contributed by atoms with Gasteiger partial charge in [0, 0.05) is 80.8 Å². The van der Waals surface area contributed by atoms with E-state index in [-0.39, 0.29) is 11.4 Å². The number of halogens is 3. The first-order chi connectivity index (χ1) is 44.9. The lowest BCUT2D eigenvalue weighted by Crippen LogP contribution is -2.11. The van der Waals surface area contributed by atoms with Gasteiger partial charge in [0.15, 0.2) is 29.0 Å². The van der Waals surface area contributed by atoms with Gasteiger partial charge in [0.05, 0.1) is 48.3 Å². The Kier molecular flexibility index (Phi) is 17.8. The van der Waals surface area contributed by atoms with Crippen LogP contribution < -0.4 is 48.0 Å². The highest BCUT2D eigenvalue weighted by Crippen LogP contribution is 2.44. The maximum Gasteiger partial charge on any atom is 0.190 e. The van der Waals surface area contributed by atoms with Crippen molar-refractivity contribution >= 4 is 68.2 Å². The Hall–Kier alpha value is -11.6. The Morgan fingerprint density at radius 2 is 0.380 bits per heavy atom. The molecular weight excluding hydrogens is 1160 g/mol. The normalized spacial score (nSPS) is 10.9. The summed E-state index contributed by atoms with van der Waals surface area (Å²) in [5.41, 5.74) is 15.9. The summed E-state index contributed by atoms with van der Waals surface area (Å²) >= 11 is 0. The summed E-state index contributed by atoms with van der Waals surface area (Å²) in [5.74, 6) is 0.630. The zero-order valence-corrected chi connectivity index (χ0v) is 51.8. The molecule has 0 aliphatic carbocycles. The van der Waals surface area contributed by atoms with Gasteiger partial charge in [-0.25, -0.2) is 13.2 Å². The van der Waals surface area contributed by atoms with Crippen LogP contribution in [-0.2, 0) is 0 Å².